The molecule has 1 heterocycles. The molecule has 0 saturated heterocycles. The van der Waals surface area contributed by atoms with Gasteiger partial charge in [0.2, 0.25) is 0 Å². The Bertz CT molecular complexity index is 3920. The van der Waals surface area contributed by atoms with Crippen molar-refractivity contribution in [2.24, 2.45) is 0 Å². The van der Waals surface area contributed by atoms with Crippen molar-refractivity contribution in [2.75, 3.05) is 4.90 Å². The SMILES string of the molecule is c1ccc2c(c1)-c1ccccc1C21c2ccccc2-c2c(N(c3ccc(-c4cccc5c4oc4ccccc45)cc3)c3cccc4c3-c3ccccc3C43c4ccccc4-c4ccccc43)cccc21. The molecular formula is C68H41NO. The lowest BCUT2D eigenvalue weighted by Crippen LogP contribution is -2.26. The van der Waals surface area contributed by atoms with Crippen molar-refractivity contribution >= 4 is 39.0 Å². The Kier molecular flexibility index (Phi) is 7.51. The first kappa shape index (κ1) is 38.0. The highest BCUT2D eigenvalue weighted by Gasteiger charge is 2.54. The second kappa shape index (κ2) is 13.8. The fourth-order valence-corrected chi connectivity index (χ4v) is 13.8. The van der Waals surface area contributed by atoms with Gasteiger partial charge in [0.25, 0.3) is 0 Å². The van der Waals surface area contributed by atoms with Crippen molar-refractivity contribution in [3.63, 3.8) is 0 Å². The molecule has 4 aliphatic rings. The molecule has 70 heavy (non-hydrogen) atoms. The Labute approximate surface area is 406 Å². The van der Waals surface area contributed by atoms with Crippen molar-refractivity contribution in [3.05, 3.63) is 293 Å². The van der Waals surface area contributed by atoms with E-state index in [1.165, 1.54) is 89.0 Å². The number of fused-ring (bicyclic) bond motifs is 23. The summed E-state index contributed by atoms with van der Waals surface area (Å²) in [5, 5.41) is 2.26. The van der Waals surface area contributed by atoms with Crippen LogP contribution in [0.1, 0.15) is 44.5 Å². The van der Waals surface area contributed by atoms with Gasteiger partial charge in [-0.1, -0.05) is 218 Å². The second-order valence-electron chi connectivity index (χ2n) is 19.3. The first-order valence-corrected chi connectivity index (χ1v) is 24.4. The zero-order valence-corrected chi connectivity index (χ0v) is 38.0. The summed E-state index contributed by atoms with van der Waals surface area (Å²) in [6, 6.07) is 92.9. The van der Waals surface area contributed by atoms with E-state index in [1.54, 1.807) is 0 Å². The van der Waals surface area contributed by atoms with Crippen LogP contribution in [-0.4, -0.2) is 0 Å². The third-order valence-electron chi connectivity index (χ3n) is 16.3. The molecule has 12 aromatic rings. The minimum absolute atomic E-state index is 0.484. The number of anilines is 3. The molecule has 0 amide bonds. The lowest BCUT2D eigenvalue weighted by molar-refractivity contribution is 0.670. The minimum atomic E-state index is -0.484. The number of rotatable bonds is 4. The zero-order valence-electron chi connectivity index (χ0n) is 38.0. The molecule has 0 N–H and O–H groups in total. The Morgan fingerprint density at radius 1 is 0.271 bits per heavy atom. The molecular weight excluding hydrogens is 847 g/mol. The molecule has 1 aromatic heterocycles. The Balaban J connectivity index is 0.989. The molecule has 0 fully saturated rings. The molecule has 11 aromatic carbocycles. The summed E-state index contributed by atoms with van der Waals surface area (Å²) in [6.07, 6.45) is 0. The van der Waals surface area contributed by atoms with Crippen LogP contribution in [0.25, 0.3) is 77.6 Å². The summed E-state index contributed by atoms with van der Waals surface area (Å²) in [4.78, 5) is 2.58. The van der Waals surface area contributed by atoms with E-state index in [2.05, 4.69) is 248 Å². The highest BCUT2D eigenvalue weighted by molar-refractivity contribution is 6.10. The monoisotopic (exact) mass is 887 g/mol. The van der Waals surface area contributed by atoms with Gasteiger partial charge in [0, 0.05) is 33.2 Å². The molecule has 0 aliphatic heterocycles. The van der Waals surface area contributed by atoms with Gasteiger partial charge in [-0.2, -0.15) is 0 Å². The van der Waals surface area contributed by atoms with Crippen LogP contribution in [0.15, 0.2) is 253 Å². The standard InChI is InChI=1S/C68H41NO/c1-8-27-53-45(18-1)46-19-2-9-28-54(46)67(53)57-31-12-5-23-51(57)64-59(67)33-16-35-61(64)69(43-40-38-42(39-41-43)44-25-15-26-50-49-22-7-14-37-63(49)70-66(44)50)62-36-17-34-60-65(62)52-24-6-13-32-58(52)68(60)55-29-10-3-20-47(55)48-21-4-11-30-56(48)68/h1-41H. The summed E-state index contributed by atoms with van der Waals surface area (Å²) >= 11 is 0. The van der Waals surface area contributed by atoms with Gasteiger partial charge in [-0.05, 0) is 114 Å². The van der Waals surface area contributed by atoms with Crippen molar-refractivity contribution in [1.82, 2.24) is 0 Å². The van der Waals surface area contributed by atoms with Crippen molar-refractivity contribution in [3.8, 4) is 55.6 Å². The molecule has 0 bridgehead atoms. The number of hydrogen-bond acceptors (Lipinski definition) is 2. The van der Waals surface area contributed by atoms with Gasteiger partial charge in [0.1, 0.15) is 11.2 Å². The van der Waals surface area contributed by atoms with Crippen LogP contribution in [-0.2, 0) is 10.8 Å². The van der Waals surface area contributed by atoms with Crippen molar-refractivity contribution in [2.45, 2.75) is 10.8 Å². The van der Waals surface area contributed by atoms with E-state index in [1.807, 2.05) is 6.07 Å². The van der Waals surface area contributed by atoms with E-state index in [-0.39, 0.29) is 0 Å². The normalized spacial score (nSPS) is 14.2. The number of benzene rings is 11. The Morgan fingerprint density at radius 2 is 0.629 bits per heavy atom. The summed E-state index contributed by atoms with van der Waals surface area (Å²) in [5.74, 6) is 0. The molecule has 4 aliphatic carbocycles. The van der Waals surface area contributed by atoms with Crippen molar-refractivity contribution < 1.29 is 4.42 Å². The van der Waals surface area contributed by atoms with Gasteiger partial charge in [-0.3, -0.25) is 0 Å². The number of nitrogens with zero attached hydrogens (tertiary/aromatic N) is 1. The molecule has 0 radical (unpaired) electrons. The van der Waals surface area contributed by atoms with Crippen LogP contribution in [0.4, 0.5) is 17.1 Å². The maximum atomic E-state index is 6.60. The third kappa shape index (κ3) is 4.59. The van der Waals surface area contributed by atoms with Gasteiger partial charge in [-0.25, -0.2) is 0 Å². The number of hydrogen-bond donors (Lipinski definition) is 0. The Hall–Kier alpha value is -8.98. The lowest BCUT2D eigenvalue weighted by atomic mass is 9.70. The minimum Gasteiger partial charge on any atom is -0.455 e. The predicted molar refractivity (Wildman–Crippen MR) is 286 cm³/mol. The van der Waals surface area contributed by atoms with Crippen molar-refractivity contribution in [1.29, 1.82) is 0 Å². The Morgan fingerprint density at radius 3 is 1.11 bits per heavy atom. The maximum absolute atomic E-state index is 6.60. The topological polar surface area (TPSA) is 16.4 Å². The smallest absolute Gasteiger partial charge is 0.143 e. The van der Waals surface area contributed by atoms with E-state index in [9.17, 15) is 0 Å². The fourth-order valence-electron chi connectivity index (χ4n) is 13.8. The highest BCUT2D eigenvalue weighted by Crippen LogP contribution is 2.67. The second-order valence-corrected chi connectivity index (χ2v) is 19.3. The summed E-state index contributed by atoms with van der Waals surface area (Å²) in [6.45, 7) is 0. The quantitative estimate of drug-likeness (QED) is 0.175. The van der Waals surface area contributed by atoms with E-state index in [0.29, 0.717) is 0 Å². The molecule has 0 saturated carbocycles. The molecule has 2 spiro atoms. The number of para-hydroxylation sites is 2. The molecule has 0 unspecified atom stereocenters. The zero-order chi connectivity index (χ0) is 45.7. The van der Waals surface area contributed by atoms with E-state index >= 15 is 0 Å². The average molecular weight is 888 g/mol. The molecule has 2 nitrogen and oxygen atoms in total. The van der Waals surface area contributed by atoms with E-state index in [0.717, 1.165) is 50.1 Å². The van der Waals surface area contributed by atoms with Crippen LogP contribution in [0.3, 0.4) is 0 Å². The van der Waals surface area contributed by atoms with Crippen LogP contribution >= 0.6 is 0 Å². The van der Waals surface area contributed by atoms with E-state index < -0.39 is 10.8 Å². The van der Waals surface area contributed by atoms with Crippen LogP contribution in [0.5, 0.6) is 0 Å². The summed E-state index contributed by atoms with van der Waals surface area (Å²) < 4.78 is 6.60. The predicted octanol–water partition coefficient (Wildman–Crippen LogP) is 17.4. The number of furan rings is 1. The average Bonchev–Trinajstić information content (AvgIpc) is 4.21. The fraction of sp³-hybridized carbons (Fsp3) is 0.0294. The molecule has 324 valence electrons. The van der Waals surface area contributed by atoms with Gasteiger partial charge in [-0.15, -0.1) is 0 Å². The summed E-state index contributed by atoms with van der Waals surface area (Å²) in [7, 11) is 0. The molecule has 0 atom stereocenters. The first-order valence-electron chi connectivity index (χ1n) is 24.4. The van der Waals surface area contributed by atoms with Crippen LogP contribution in [0.2, 0.25) is 0 Å². The van der Waals surface area contributed by atoms with Gasteiger partial charge in [0.15, 0.2) is 0 Å². The van der Waals surface area contributed by atoms with Gasteiger partial charge >= 0.3 is 0 Å². The van der Waals surface area contributed by atoms with Crippen LogP contribution < -0.4 is 4.90 Å². The molecule has 16 rings (SSSR count). The van der Waals surface area contributed by atoms with E-state index in [4.69, 9.17) is 4.42 Å². The lowest BCUT2D eigenvalue weighted by Gasteiger charge is -2.33. The summed E-state index contributed by atoms with van der Waals surface area (Å²) in [5.41, 5.74) is 27.3. The molecule has 2 heteroatoms. The first-order chi connectivity index (χ1) is 34.8. The van der Waals surface area contributed by atoms with Crippen LogP contribution in [0, 0.1) is 0 Å². The largest absolute Gasteiger partial charge is 0.455 e. The maximum Gasteiger partial charge on any atom is 0.143 e. The van der Waals surface area contributed by atoms with Gasteiger partial charge in [0.05, 0.1) is 22.2 Å². The third-order valence-corrected chi connectivity index (χ3v) is 16.3. The highest BCUT2D eigenvalue weighted by atomic mass is 16.3. The van der Waals surface area contributed by atoms with Gasteiger partial charge < -0.3 is 9.32 Å².